The number of halogens is 1. The molecule has 1 N–H and O–H groups in total. The molecule has 0 heterocycles. The lowest BCUT2D eigenvalue weighted by Gasteiger charge is -2.22. The maximum atomic E-state index is 12.2. The van der Waals surface area contributed by atoms with Crippen LogP contribution in [0.4, 0.5) is 11.4 Å². The number of nitrogens with one attached hydrogen (secondary N) is 1. The molecule has 0 unspecified atom stereocenters. The molecule has 0 aliphatic rings. The summed E-state index contributed by atoms with van der Waals surface area (Å²) in [5.74, 6) is -0.707. The van der Waals surface area contributed by atoms with Gasteiger partial charge in [0, 0.05) is 16.3 Å². The number of ketones is 1. The molecule has 0 saturated carbocycles. The number of benzene rings is 2. The van der Waals surface area contributed by atoms with Crippen LogP contribution in [0.3, 0.4) is 0 Å². The first-order valence-corrected chi connectivity index (χ1v) is 9.53. The molecular weight excluding hydrogens is 364 g/mol. The number of hydrogen-bond donors (Lipinski definition) is 1. The van der Waals surface area contributed by atoms with Crippen molar-refractivity contribution in [2.24, 2.45) is 0 Å². The van der Waals surface area contributed by atoms with Crippen LogP contribution in [-0.4, -0.2) is 32.9 Å². The molecule has 6 nitrogen and oxygen atoms in total. The number of amides is 1. The summed E-state index contributed by atoms with van der Waals surface area (Å²) < 4.78 is 25.1. The summed E-state index contributed by atoms with van der Waals surface area (Å²) in [5, 5.41) is 3.13. The van der Waals surface area contributed by atoms with Crippen LogP contribution in [-0.2, 0) is 14.8 Å². The van der Waals surface area contributed by atoms with Crippen molar-refractivity contribution in [3.63, 3.8) is 0 Å². The fourth-order valence-electron chi connectivity index (χ4n) is 2.14. The SMILES string of the molecule is CC(=O)c1cccc(N(CC(=O)Nc2ccc(Cl)cc2)S(C)(=O)=O)c1. The second-order valence-corrected chi connectivity index (χ2v) is 7.77. The van der Waals surface area contributed by atoms with E-state index in [9.17, 15) is 18.0 Å². The monoisotopic (exact) mass is 380 g/mol. The van der Waals surface area contributed by atoms with E-state index in [4.69, 9.17) is 11.6 Å². The molecule has 2 aromatic rings. The van der Waals surface area contributed by atoms with Crippen molar-refractivity contribution in [2.75, 3.05) is 22.4 Å². The Kier molecular flexibility index (Phi) is 5.81. The second-order valence-electron chi connectivity index (χ2n) is 5.43. The van der Waals surface area contributed by atoms with Crippen LogP contribution < -0.4 is 9.62 Å². The van der Waals surface area contributed by atoms with Gasteiger partial charge < -0.3 is 5.32 Å². The van der Waals surface area contributed by atoms with Crippen LogP contribution >= 0.6 is 11.6 Å². The highest BCUT2D eigenvalue weighted by molar-refractivity contribution is 7.92. The Morgan fingerprint density at radius 1 is 1.12 bits per heavy atom. The summed E-state index contributed by atoms with van der Waals surface area (Å²) in [7, 11) is -3.71. The predicted molar refractivity (Wildman–Crippen MR) is 98.7 cm³/mol. The molecule has 0 aliphatic carbocycles. The third-order valence-electron chi connectivity index (χ3n) is 3.36. The highest BCUT2D eigenvalue weighted by Crippen LogP contribution is 2.20. The van der Waals surface area contributed by atoms with Crippen molar-refractivity contribution in [3.8, 4) is 0 Å². The van der Waals surface area contributed by atoms with E-state index in [0.717, 1.165) is 10.6 Å². The molecule has 25 heavy (non-hydrogen) atoms. The number of carbonyl (C=O) groups excluding carboxylic acids is 2. The van der Waals surface area contributed by atoms with Gasteiger partial charge in [-0.2, -0.15) is 0 Å². The number of Topliss-reactive ketones (excluding diaryl/α,β-unsaturated/α-hetero) is 1. The molecule has 0 fully saturated rings. The van der Waals surface area contributed by atoms with Crippen molar-refractivity contribution in [1.82, 2.24) is 0 Å². The maximum absolute atomic E-state index is 12.2. The van der Waals surface area contributed by atoms with E-state index in [1.54, 1.807) is 36.4 Å². The van der Waals surface area contributed by atoms with E-state index in [2.05, 4.69) is 5.32 Å². The van der Waals surface area contributed by atoms with Crippen LogP contribution in [0.25, 0.3) is 0 Å². The molecule has 0 bridgehead atoms. The van der Waals surface area contributed by atoms with Crippen molar-refractivity contribution in [3.05, 3.63) is 59.1 Å². The van der Waals surface area contributed by atoms with Crippen LogP contribution in [0.15, 0.2) is 48.5 Å². The number of anilines is 2. The van der Waals surface area contributed by atoms with Gasteiger partial charge in [0.1, 0.15) is 6.54 Å². The van der Waals surface area contributed by atoms with E-state index >= 15 is 0 Å². The third-order valence-corrected chi connectivity index (χ3v) is 4.75. The number of rotatable bonds is 6. The van der Waals surface area contributed by atoms with Gasteiger partial charge in [0.2, 0.25) is 15.9 Å². The third kappa shape index (κ3) is 5.30. The Labute approximate surface area is 151 Å². The first kappa shape index (κ1) is 19.0. The molecular formula is C17H17ClN2O4S. The van der Waals surface area contributed by atoms with Crippen molar-refractivity contribution >= 4 is 44.7 Å². The van der Waals surface area contributed by atoms with Gasteiger partial charge in [0.05, 0.1) is 11.9 Å². The van der Waals surface area contributed by atoms with E-state index < -0.39 is 22.5 Å². The molecule has 0 atom stereocenters. The minimum atomic E-state index is -3.71. The van der Waals surface area contributed by atoms with Gasteiger partial charge in [-0.1, -0.05) is 23.7 Å². The lowest BCUT2D eigenvalue weighted by atomic mass is 10.1. The lowest BCUT2D eigenvalue weighted by molar-refractivity contribution is -0.114. The number of hydrogen-bond acceptors (Lipinski definition) is 4. The molecule has 0 spiro atoms. The quantitative estimate of drug-likeness (QED) is 0.781. The fraction of sp³-hybridized carbons (Fsp3) is 0.176. The van der Waals surface area contributed by atoms with Crippen molar-refractivity contribution in [1.29, 1.82) is 0 Å². The largest absolute Gasteiger partial charge is 0.325 e. The minimum absolute atomic E-state index is 0.194. The first-order chi connectivity index (χ1) is 11.7. The van der Waals surface area contributed by atoms with Crippen molar-refractivity contribution < 1.29 is 18.0 Å². The van der Waals surface area contributed by atoms with Gasteiger partial charge in [-0.3, -0.25) is 13.9 Å². The Hall–Kier alpha value is -2.38. The molecule has 0 radical (unpaired) electrons. The van der Waals surface area contributed by atoms with Gasteiger partial charge in [-0.05, 0) is 43.3 Å². The van der Waals surface area contributed by atoms with Crippen LogP contribution in [0.1, 0.15) is 17.3 Å². The molecule has 1 amide bonds. The Morgan fingerprint density at radius 2 is 1.76 bits per heavy atom. The predicted octanol–water partition coefficient (Wildman–Crippen LogP) is 2.95. The van der Waals surface area contributed by atoms with Crippen LogP contribution in [0, 0.1) is 0 Å². The normalized spacial score (nSPS) is 11.0. The zero-order valence-corrected chi connectivity index (χ0v) is 15.3. The minimum Gasteiger partial charge on any atom is -0.325 e. The lowest BCUT2D eigenvalue weighted by Crippen LogP contribution is -2.37. The molecule has 0 aromatic heterocycles. The molecule has 0 aliphatic heterocycles. The van der Waals surface area contributed by atoms with Crippen LogP contribution in [0.2, 0.25) is 5.02 Å². The highest BCUT2D eigenvalue weighted by Gasteiger charge is 2.21. The molecule has 132 valence electrons. The molecule has 8 heteroatoms. The summed E-state index contributed by atoms with van der Waals surface area (Å²) in [5.41, 5.74) is 1.12. The number of sulfonamides is 1. The Balaban J connectivity index is 2.24. The molecule has 2 aromatic carbocycles. The van der Waals surface area contributed by atoms with Gasteiger partial charge in [-0.25, -0.2) is 8.42 Å². The summed E-state index contributed by atoms with van der Waals surface area (Å²) in [6.07, 6.45) is 1.00. The smallest absolute Gasteiger partial charge is 0.245 e. The zero-order valence-electron chi connectivity index (χ0n) is 13.7. The van der Waals surface area contributed by atoms with Gasteiger partial charge >= 0.3 is 0 Å². The van der Waals surface area contributed by atoms with E-state index in [-0.39, 0.29) is 11.5 Å². The van der Waals surface area contributed by atoms with Crippen LogP contribution in [0.5, 0.6) is 0 Å². The molecule has 0 saturated heterocycles. The zero-order chi connectivity index (χ0) is 18.6. The molecule has 2 rings (SSSR count). The standard InChI is InChI=1S/C17H17ClN2O4S/c1-12(21)13-4-3-5-16(10-13)20(25(2,23)24)11-17(22)19-15-8-6-14(18)7-9-15/h3-10H,11H2,1-2H3,(H,19,22). The summed E-state index contributed by atoms with van der Waals surface area (Å²) in [6.45, 7) is 0.972. The topological polar surface area (TPSA) is 83.6 Å². The summed E-state index contributed by atoms with van der Waals surface area (Å²) >= 11 is 5.78. The Morgan fingerprint density at radius 3 is 2.32 bits per heavy atom. The number of carbonyl (C=O) groups is 2. The van der Waals surface area contributed by atoms with Gasteiger partial charge in [0.15, 0.2) is 5.78 Å². The first-order valence-electron chi connectivity index (χ1n) is 7.31. The van der Waals surface area contributed by atoms with E-state index in [0.29, 0.717) is 16.3 Å². The van der Waals surface area contributed by atoms with Gasteiger partial charge in [0.25, 0.3) is 0 Å². The average molecular weight is 381 g/mol. The Bertz CT molecular complexity index is 895. The maximum Gasteiger partial charge on any atom is 0.245 e. The van der Waals surface area contributed by atoms with Crippen molar-refractivity contribution in [2.45, 2.75) is 6.92 Å². The van der Waals surface area contributed by atoms with Gasteiger partial charge in [-0.15, -0.1) is 0 Å². The average Bonchev–Trinajstić information content (AvgIpc) is 2.54. The fourth-order valence-corrected chi connectivity index (χ4v) is 3.12. The summed E-state index contributed by atoms with van der Waals surface area (Å²) in [4.78, 5) is 23.7. The van der Waals surface area contributed by atoms with E-state index in [1.165, 1.54) is 19.1 Å². The summed E-state index contributed by atoms with van der Waals surface area (Å²) in [6, 6.07) is 12.6. The number of nitrogens with zero attached hydrogens (tertiary/aromatic N) is 1. The van der Waals surface area contributed by atoms with E-state index in [1.807, 2.05) is 0 Å². The second kappa shape index (κ2) is 7.67. The highest BCUT2D eigenvalue weighted by atomic mass is 35.5.